The van der Waals surface area contributed by atoms with Crippen LogP contribution in [0, 0.1) is 0 Å². The first-order valence-electron chi connectivity index (χ1n) is 6.70. The molecule has 5 nitrogen and oxygen atoms in total. The lowest BCUT2D eigenvalue weighted by molar-refractivity contribution is 0.373. The van der Waals surface area contributed by atoms with Gasteiger partial charge < -0.3 is 15.6 Å². The van der Waals surface area contributed by atoms with Gasteiger partial charge >= 0.3 is 0 Å². The van der Waals surface area contributed by atoms with Crippen molar-refractivity contribution in [3.8, 4) is 11.5 Å². The number of amidine groups is 1. The second kappa shape index (κ2) is 8.59. The largest absolute Gasteiger partial charge is 0.504 e. The summed E-state index contributed by atoms with van der Waals surface area (Å²) in [5, 5.41) is 18.0. The first-order valence-corrected chi connectivity index (χ1v) is 8.47. The fourth-order valence-electron chi connectivity index (χ4n) is 1.73. The molecule has 0 fully saturated rings. The lowest BCUT2D eigenvalue weighted by atomic mass is 10.2. The normalized spacial score (nSPS) is 11.8. The molecule has 0 aliphatic carbocycles. The molecule has 120 valence electrons. The maximum atomic E-state index is 9.76. The smallest absolute Gasteiger partial charge is 0.180 e. The van der Waals surface area contributed by atoms with Crippen molar-refractivity contribution < 1.29 is 9.84 Å². The molecule has 0 unspecified atom stereocenters. The Labute approximate surface area is 147 Å². The Morgan fingerprint density at radius 1 is 1.35 bits per heavy atom. The summed E-state index contributed by atoms with van der Waals surface area (Å²) < 4.78 is 5.76. The Kier molecular flexibility index (Phi) is 6.49. The van der Waals surface area contributed by atoms with Crippen LogP contribution in [-0.4, -0.2) is 23.6 Å². The van der Waals surface area contributed by atoms with Gasteiger partial charge in [0.15, 0.2) is 16.7 Å². The van der Waals surface area contributed by atoms with Crippen molar-refractivity contribution in [1.29, 1.82) is 0 Å². The van der Waals surface area contributed by atoms with Gasteiger partial charge in [-0.25, -0.2) is 0 Å². The minimum atomic E-state index is 0.0348. The number of aromatic hydroxyl groups is 1. The van der Waals surface area contributed by atoms with Gasteiger partial charge in [0, 0.05) is 15.8 Å². The molecule has 0 atom stereocenters. The van der Waals surface area contributed by atoms with Gasteiger partial charge in [-0.3, -0.25) is 0 Å². The molecular weight excluding hydrogens is 378 g/mol. The zero-order chi connectivity index (χ0) is 16.7. The molecule has 2 rings (SSSR count). The molecule has 0 spiro atoms. The van der Waals surface area contributed by atoms with Crippen LogP contribution in [-0.2, 0) is 5.75 Å². The van der Waals surface area contributed by atoms with Crippen molar-refractivity contribution in [3.05, 3.63) is 58.1 Å². The summed E-state index contributed by atoms with van der Waals surface area (Å²) in [6, 6.07) is 13.2. The van der Waals surface area contributed by atoms with E-state index in [1.165, 1.54) is 36.7 Å². The number of phenols is 1. The van der Waals surface area contributed by atoms with Crippen LogP contribution in [0.25, 0.3) is 0 Å². The molecule has 23 heavy (non-hydrogen) atoms. The highest BCUT2D eigenvalue weighted by Gasteiger charge is 2.06. The van der Waals surface area contributed by atoms with Crippen molar-refractivity contribution >= 4 is 39.1 Å². The van der Waals surface area contributed by atoms with Crippen LogP contribution in [0.3, 0.4) is 0 Å². The maximum Gasteiger partial charge on any atom is 0.180 e. The Hall–Kier alpha value is -1.99. The highest BCUT2D eigenvalue weighted by Crippen LogP contribution is 2.31. The molecule has 0 heterocycles. The number of benzene rings is 2. The zero-order valence-electron chi connectivity index (χ0n) is 12.4. The number of rotatable bonds is 5. The monoisotopic (exact) mass is 393 g/mol. The molecule has 7 heteroatoms. The lowest BCUT2D eigenvalue weighted by Crippen LogP contribution is -2.06. The second-order valence-corrected chi connectivity index (χ2v) is 6.35. The number of halogens is 1. The van der Waals surface area contributed by atoms with Gasteiger partial charge in [0.1, 0.15) is 0 Å². The number of hydrogen-bond acceptors (Lipinski definition) is 5. The zero-order valence-corrected chi connectivity index (χ0v) is 14.8. The number of ether oxygens (including phenoxy) is 1. The van der Waals surface area contributed by atoms with E-state index in [1.807, 2.05) is 30.3 Å². The Morgan fingerprint density at radius 2 is 2.09 bits per heavy atom. The summed E-state index contributed by atoms with van der Waals surface area (Å²) in [5.41, 5.74) is 7.66. The summed E-state index contributed by atoms with van der Waals surface area (Å²) in [4.78, 5) is 0. The molecule has 2 aromatic carbocycles. The fourth-order valence-corrected chi connectivity index (χ4v) is 2.77. The third kappa shape index (κ3) is 5.30. The standard InChI is InChI=1S/C16H16BrN3O2S/c1-22-15-8-13(17)12(7-14(15)21)9-19-20-16(18)23-10-11-5-3-2-4-6-11/h2-9,21H,10H2,1H3,(H2,18,20). The van der Waals surface area contributed by atoms with Crippen LogP contribution in [0.2, 0.25) is 0 Å². The highest BCUT2D eigenvalue weighted by molar-refractivity contribution is 9.10. The van der Waals surface area contributed by atoms with Gasteiger partial charge in [0.25, 0.3) is 0 Å². The third-order valence-electron chi connectivity index (χ3n) is 2.88. The van der Waals surface area contributed by atoms with Crippen molar-refractivity contribution in [2.75, 3.05) is 7.11 Å². The number of nitrogens with two attached hydrogens (primary N) is 1. The molecule has 0 saturated carbocycles. The Morgan fingerprint density at radius 3 is 2.78 bits per heavy atom. The molecule has 3 N–H and O–H groups in total. The van der Waals surface area contributed by atoms with Crippen LogP contribution in [0.4, 0.5) is 0 Å². The second-order valence-electron chi connectivity index (χ2n) is 4.50. The number of phenolic OH excluding ortho intramolecular Hbond substituents is 1. The van der Waals surface area contributed by atoms with Crippen molar-refractivity contribution in [1.82, 2.24) is 0 Å². The lowest BCUT2D eigenvalue weighted by Gasteiger charge is -2.05. The molecular formula is C16H16BrN3O2S. The number of nitrogens with zero attached hydrogens (tertiary/aromatic N) is 2. The minimum absolute atomic E-state index is 0.0348. The quantitative estimate of drug-likeness (QED) is 0.460. The summed E-state index contributed by atoms with van der Waals surface area (Å²) in [6.07, 6.45) is 1.51. The SMILES string of the molecule is COc1cc(Br)c(C=NN=C(N)SCc2ccccc2)cc1O. The predicted octanol–water partition coefficient (Wildman–Crippen LogP) is 3.75. The average molecular weight is 394 g/mol. The Balaban J connectivity index is 1.98. The van der Waals surface area contributed by atoms with E-state index >= 15 is 0 Å². The molecule has 0 aliphatic heterocycles. The van der Waals surface area contributed by atoms with Gasteiger partial charge in [-0.15, -0.1) is 5.10 Å². The molecule has 0 saturated heterocycles. The molecule has 0 aliphatic rings. The summed E-state index contributed by atoms with van der Waals surface area (Å²) in [7, 11) is 1.49. The third-order valence-corrected chi connectivity index (χ3v) is 4.42. The summed E-state index contributed by atoms with van der Waals surface area (Å²) in [5.74, 6) is 1.15. The van der Waals surface area contributed by atoms with Crippen LogP contribution in [0.5, 0.6) is 11.5 Å². The van der Waals surface area contributed by atoms with Gasteiger partial charge in [-0.05, 0) is 33.6 Å². The van der Waals surface area contributed by atoms with E-state index in [4.69, 9.17) is 10.5 Å². The maximum absolute atomic E-state index is 9.76. The van der Waals surface area contributed by atoms with Crippen LogP contribution < -0.4 is 10.5 Å². The number of thioether (sulfide) groups is 1. The topological polar surface area (TPSA) is 80.2 Å². The summed E-state index contributed by atoms with van der Waals surface area (Å²) >= 11 is 4.79. The fraction of sp³-hybridized carbons (Fsp3) is 0.125. The van der Waals surface area contributed by atoms with Crippen molar-refractivity contribution in [3.63, 3.8) is 0 Å². The summed E-state index contributed by atoms with van der Waals surface area (Å²) in [6.45, 7) is 0. The van der Waals surface area contributed by atoms with E-state index in [9.17, 15) is 5.11 Å². The minimum Gasteiger partial charge on any atom is -0.504 e. The first-order chi connectivity index (χ1) is 11.1. The molecule has 0 aromatic heterocycles. The van der Waals surface area contributed by atoms with Gasteiger partial charge in [0.05, 0.1) is 13.3 Å². The van der Waals surface area contributed by atoms with Crippen LogP contribution >= 0.6 is 27.7 Å². The van der Waals surface area contributed by atoms with E-state index in [1.54, 1.807) is 6.07 Å². The molecule has 0 amide bonds. The van der Waals surface area contributed by atoms with Crippen LogP contribution in [0.1, 0.15) is 11.1 Å². The van der Waals surface area contributed by atoms with Crippen LogP contribution in [0.15, 0.2) is 57.1 Å². The van der Waals surface area contributed by atoms with E-state index in [2.05, 4.69) is 26.1 Å². The predicted molar refractivity (Wildman–Crippen MR) is 99.3 cm³/mol. The highest BCUT2D eigenvalue weighted by atomic mass is 79.9. The van der Waals surface area contributed by atoms with Gasteiger partial charge in [-0.1, -0.05) is 42.1 Å². The van der Waals surface area contributed by atoms with Crippen molar-refractivity contribution in [2.45, 2.75) is 5.75 Å². The van der Waals surface area contributed by atoms with E-state index in [0.29, 0.717) is 16.5 Å². The van der Waals surface area contributed by atoms with Crippen molar-refractivity contribution in [2.24, 2.45) is 15.9 Å². The van der Waals surface area contributed by atoms with Gasteiger partial charge in [0.2, 0.25) is 0 Å². The van der Waals surface area contributed by atoms with Gasteiger partial charge in [-0.2, -0.15) is 5.10 Å². The molecule has 2 aromatic rings. The molecule has 0 bridgehead atoms. The van der Waals surface area contributed by atoms with E-state index in [0.717, 1.165) is 10.2 Å². The molecule has 0 radical (unpaired) electrons. The first kappa shape index (κ1) is 17.4. The number of methoxy groups -OCH3 is 1. The van der Waals surface area contributed by atoms with E-state index < -0.39 is 0 Å². The number of hydrogen-bond donors (Lipinski definition) is 2. The van der Waals surface area contributed by atoms with E-state index in [-0.39, 0.29) is 5.75 Å². The Bertz CT molecular complexity index is 721. The average Bonchev–Trinajstić information content (AvgIpc) is 2.56.